The van der Waals surface area contributed by atoms with Crippen LogP contribution < -0.4 is 10.5 Å². The number of nitrogen functional groups attached to an aromatic ring is 1. The maximum atomic E-state index is 11.4. The molecule has 2 rings (SSSR count). The number of nitrogens with two attached hydrogens (primary N) is 1. The van der Waals surface area contributed by atoms with Gasteiger partial charge in [0, 0.05) is 17.6 Å². The first-order valence-electron chi connectivity index (χ1n) is 4.98. The van der Waals surface area contributed by atoms with E-state index in [4.69, 9.17) is 10.5 Å². The second-order valence-corrected chi connectivity index (χ2v) is 3.46. The summed E-state index contributed by atoms with van der Waals surface area (Å²) in [7, 11) is 2.88. The van der Waals surface area contributed by atoms with Crippen molar-refractivity contribution in [3.63, 3.8) is 0 Å². The van der Waals surface area contributed by atoms with Crippen molar-refractivity contribution in [2.24, 2.45) is 0 Å². The molecule has 2 N–H and O–H groups in total. The predicted octanol–water partition coefficient (Wildman–Crippen LogP) is 1.61. The maximum absolute atomic E-state index is 11.4. The van der Waals surface area contributed by atoms with E-state index in [1.807, 2.05) is 0 Å². The zero-order valence-corrected chi connectivity index (χ0v) is 9.56. The monoisotopic (exact) mass is 232 g/mol. The Balaban J connectivity index is 2.64. The van der Waals surface area contributed by atoms with Crippen molar-refractivity contribution < 1.29 is 14.3 Å². The number of methoxy groups -OCH3 is 2. The fourth-order valence-corrected chi connectivity index (χ4v) is 1.59. The van der Waals surface area contributed by atoms with Crippen LogP contribution in [0.1, 0.15) is 10.4 Å². The average molecular weight is 232 g/mol. The van der Waals surface area contributed by atoms with Gasteiger partial charge in [-0.3, -0.25) is 4.98 Å². The molecular formula is C12H12N2O3. The van der Waals surface area contributed by atoms with Crippen LogP contribution in [-0.4, -0.2) is 25.2 Å². The number of fused-ring (bicyclic) bond motifs is 1. The van der Waals surface area contributed by atoms with Crippen LogP contribution in [0.5, 0.6) is 5.75 Å². The highest BCUT2D eigenvalue weighted by atomic mass is 16.5. The Morgan fingerprint density at radius 3 is 2.76 bits per heavy atom. The highest BCUT2D eigenvalue weighted by Crippen LogP contribution is 2.26. The smallest absolute Gasteiger partial charge is 0.341 e. The predicted molar refractivity (Wildman–Crippen MR) is 64.0 cm³/mol. The van der Waals surface area contributed by atoms with Crippen LogP contribution in [0.4, 0.5) is 5.69 Å². The molecule has 0 aliphatic carbocycles. The van der Waals surface area contributed by atoms with Crippen molar-refractivity contribution in [1.82, 2.24) is 4.98 Å². The summed E-state index contributed by atoms with van der Waals surface area (Å²) in [6, 6.07) is 5.29. The maximum Gasteiger partial charge on any atom is 0.341 e. The van der Waals surface area contributed by atoms with E-state index < -0.39 is 5.97 Å². The lowest BCUT2D eigenvalue weighted by molar-refractivity contribution is 0.0601. The molecule has 0 spiro atoms. The van der Waals surface area contributed by atoms with E-state index in [2.05, 4.69) is 9.72 Å². The summed E-state index contributed by atoms with van der Waals surface area (Å²) in [5, 5.41) is 0.703. The third-order valence-corrected chi connectivity index (χ3v) is 2.52. The molecule has 0 saturated carbocycles. The van der Waals surface area contributed by atoms with E-state index >= 15 is 0 Å². The van der Waals surface area contributed by atoms with Crippen molar-refractivity contribution in [3.8, 4) is 5.75 Å². The summed E-state index contributed by atoms with van der Waals surface area (Å²) in [5.41, 5.74) is 7.21. The molecule has 1 aromatic heterocycles. The first kappa shape index (κ1) is 11.2. The van der Waals surface area contributed by atoms with E-state index in [0.717, 1.165) is 0 Å². The molecule has 0 atom stereocenters. The average Bonchev–Trinajstić information content (AvgIpc) is 2.38. The lowest BCUT2D eigenvalue weighted by atomic mass is 10.1. The number of carbonyl (C=O) groups excluding carboxylic acids is 1. The number of pyridine rings is 1. The largest absolute Gasteiger partial charge is 0.497 e. The van der Waals surface area contributed by atoms with E-state index in [1.165, 1.54) is 13.3 Å². The number of aromatic nitrogens is 1. The number of carbonyl (C=O) groups is 1. The third kappa shape index (κ3) is 1.87. The SMILES string of the molecule is COC(=O)c1cnc2cc(OC)ccc2c1N. The number of rotatable bonds is 2. The van der Waals surface area contributed by atoms with Gasteiger partial charge in [0.2, 0.25) is 0 Å². The molecule has 0 bridgehead atoms. The zero-order chi connectivity index (χ0) is 12.4. The van der Waals surface area contributed by atoms with Crippen molar-refractivity contribution >= 4 is 22.6 Å². The van der Waals surface area contributed by atoms with Crippen LogP contribution in [0.25, 0.3) is 10.9 Å². The Morgan fingerprint density at radius 2 is 2.12 bits per heavy atom. The van der Waals surface area contributed by atoms with Crippen LogP contribution >= 0.6 is 0 Å². The molecule has 2 aromatic rings. The molecule has 1 aromatic carbocycles. The molecule has 0 saturated heterocycles. The number of anilines is 1. The standard InChI is InChI=1S/C12H12N2O3/c1-16-7-3-4-8-10(5-7)14-6-9(11(8)13)12(15)17-2/h3-6H,1-2H3,(H2,13,14). The van der Waals surface area contributed by atoms with E-state index in [0.29, 0.717) is 22.3 Å². The highest BCUT2D eigenvalue weighted by molar-refractivity contribution is 6.04. The normalized spacial score (nSPS) is 10.2. The summed E-state index contributed by atoms with van der Waals surface area (Å²) in [4.78, 5) is 15.6. The van der Waals surface area contributed by atoms with Gasteiger partial charge in [0.1, 0.15) is 11.3 Å². The topological polar surface area (TPSA) is 74.4 Å². The summed E-state index contributed by atoms with van der Waals surface area (Å²) >= 11 is 0. The minimum absolute atomic E-state index is 0.269. The highest BCUT2D eigenvalue weighted by Gasteiger charge is 2.13. The molecule has 88 valence electrons. The number of nitrogens with zero attached hydrogens (tertiary/aromatic N) is 1. The Labute approximate surface area is 98.2 Å². The quantitative estimate of drug-likeness (QED) is 0.796. The van der Waals surface area contributed by atoms with Gasteiger partial charge < -0.3 is 15.2 Å². The number of esters is 1. The number of hydrogen-bond donors (Lipinski definition) is 1. The molecule has 5 heteroatoms. The first-order valence-corrected chi connectivity index (χ1v) is 4.98. The van der Waals surface area contributed by atoms with Crippen molar-refractivity contribution in [3.05, 3.63) is 30.0 Å². The molecule has 17 heavy (non-hydrogen) atoms. The Kier molecular flexibility index (Phi) is 2.82. The fraction of sp³-hybridized carbons (Fsp3) is 0.167. The molecular weight excluding hydrogens is 220 g/mol. The van der Waals surface area contributed by atoms with Gasteiger partial charge in [-0.05, 0) is 12.1 Å². The van der Waals surface area contributed by atoms with E-state index in [1.54, 1.807) is 25.3 Å². The lowest BCUT2D eigenvalue weighted by Crippen LogP contribution is -2.06. The van der Waals surface area contributed by atoms with Crippen molar-refractivity contribution in [2.45, 2.75) is 0 Å². The zero-order valence-electron chi connectivity index (χ0n) is 9.56. The van der Waals surface area contributed by atoms with Gasteiger partial charge in [0.25, 0.3) is 0 Å². The molecule has 0 fully saturated rings. The first-order chi connectivity index (χ1) is 8.17. The minimum Gasteiger partial charge on any atom is -0.497 e. The van der Waals surface area contributed by atoms with Crippen LogP contribution in [0.3, 0.4) is 0 Å². The van der Waals surface area contributed by atoms with Crippen molar-refractivity contribution in [1.29, 1.82) is 0 Å². The Hall–Kier alpha value is -2.30. The molecule has 5 nitrogen and oxygen atoms in total. The Bertz CT molecular complexity index is 581. The van der Waals surface area contributed by atoms with Crippen LogP contribution in [0.2, 0.25) is 0 Å². The van der Waals surface area contributed by atoms with Gasteiger partial charge in [-0.1, -0.05) is 0 Å². The van der Waals surface area contributed by atoms with Gasteiger partial charge in [-0.25, -0.2) is 4.79 Å². The van der Waals surface area contributed by atoms with Gasteiger partial charge >= 0.3 is 5.97 Å². The van der Waals surface area contributed by atoms with Gasteiger partial charge in [-0.15, -0.1) is 0 Å². The lowest BCUT2D eigenvalue weighted by Gasteiger charge is -2.07. The third-order valence-electron chi connectivity index (χ3n) is 2.52. The molecule has 0 unspecified atom stereocenters. The van der Waals surface area contributed by atoms with Crippen LogP contribution in [0.15, 0.2) is 24.4 Å². The molecule has 0 aliphatic rings. The summed E-state index contributed by atoms with van der Waals surface area (Å²) in [6.07, 6.45) is 1.41. The molecule has 0 radical (unpaired) electrons. The second kappa shape index (κ2) is 4.29. The number of hydrogen-bond acceptors (Lipinski definition) is 5. The summed E-state index contributed by atoms with van der Waals surface area (Å²) < 4.78 is 9.72. The number of benzene rings is 1. The second-order valence-electron chi connectivity index (χ2n) is 3.46. The van der Waals surface area contributed by atoms with Gasteiger partial charge in [0.05, 0.1) is 25.4 Å². The van der Waals surface area contributed by atoms with Gasteiger partial charge in [0.15, 0.2) is 0 Å². The van der Waals surface area contributed by atoms with E-state index in [-0.39, 0.29) is 5.56 Å². The van der Waals surface area contributed by atoms with Crippen molar-refractivity contribution in [2.75, 3.05) is 20.0 Å². The number of ether oxygens (including phenoxy) is 2. The van der Waals surface area contributed by atoms with Crippen LogP contribution in [0, 0.1) is 0 Å². The van der Waals surface area contributed by atoms with E-state index in [9.17, 15) is 4.79 Å². The summed E-state index contributed by atoms with van der Waals surface area (Å²) in [5.74, 6) is 0.197. The molecule has 1 heterocycles. The molecule has 0 aliphatic heterocycles. The van der Waals surface area contributed by atoms with Crippen LogP contribution in [-0.2, 0) is 4.74 Å². The molecule has 0 amide bonds. The van der Waals surface area contributed by atoms with Gasteiger partial charge in [-0.2, -0.15) is 0 Å². The fourth-order valence-electron chi connectivity index (χ4n) is 1.59. The Morgan fingerprint density at radius 1 is 1.35 bits per heavy atom. The summed E-state index contributed by atoms with van der Waals surface area (Å²) in [6.45, 7) is 0. The minimum atomic E-state index is -0.493.